The van der Waals surface area contributed by atoms with Crippen LogP contribution in [-0.4, -0.2) is 17.1 Å². The number of amides is 1. The van der Waals surface area contributed by atoms with Gasteiger partial charge in [-0.3, -0.25) is 4.79 Å². The molecular weight excluding hydrogens is 312 g/mol. The third kappa shape index (κ3) is 3.78. The minimum absolute atomic E-state index is 0.0511. The number of hydrogen-bond acceptors (Lipinski definition) is 4. The smallest absolute Gasteiger partial charge is 0.226 e. The quantitative estimate of drug-likeness (QED) is 0.631. The summed E-state index contributed by atoms with van der Waals surface area (Å²) in [5.74, 6) is 0.439. The van der Waals surface area contributed by atoms with Crippen molar-refractivity contribution in [2.24, 2.45) is 5.92 Å². The lowest BCUT2D eigenvalue weighted by atomic mass is 10.1. The zero-order valence-corrected chi connectivity index (χ0v) is 14.0. The van der Waals surface area contributed by atoms with E-state index in [0.29, 0.717) is 17.5 Å². The van der Waals surface area contributed by atoms with Crippen molar-refractivity contribution in [3.8, 4) is 11.3 Å². The highest BCUT2D eigenvalue weighted by Gasteiger charge is 2.15. The fourth-order valence-electron chi connectivity index (χ4n) is 2.50. The van der Waals surface area contributed by atoms with E-state index in [1.54, 1.807) is 11.8 Å². The lowest BCUT2D eigenvalue weighted by Gasteiger charge is -2.06. The standard InChI is InChI=1S/C17H18N2OS2/c1-21-14-8-6-13(7-9-14)15-11-22-17(18-15)19-16(20)10-12-4-2-3-5-12/h2,4,6-9,11-12H,3,5,10H2,1H3,(H,18,19,20). The summed E-state index contributed by atoms with van der Waals surface area (Å²) < 4.78 is 0. The molecule has 0 fully saturated rings. The number of nitrogens with one attached hydrogen (secondary N) is 1. The van der Waals surface area contributed by atoms with E-state index in [2.05, 4.69) is 53.0 Å². The van der Waals surface area contributed by atoms with Gasteiger partial charge in [-0.15, -0.1) is 23.1 Å². The normalized spacial score (nSPS) is 16.9. The molecule has 1 heterocycles. The Morgan fingerprint density at radius 2 is 2.23 bits per heavy atom. The topological polar surface area (TPSA) is 42.0 Å². The van der Waals surface area contributed by atoms with Gasteiger partial charge in [0.05, 0.1) is 5.69 Å². The Labute approximate surface area is 138 Å². The summed E-state index contributed by atoms with van der Waals surface area (Å²) in [6.07, 6.45) is 9.07. The van der Waals surface area contributed by atoms with Gasteiger partial charge in [-0.2, -0.15) is 0 Å². The monoisotopic (exact) mass is 330 g/mol. The van der Waals surface area contributed by atoms with E-state index in [4.69, 9.17) is 0 Å². The van der Waals surface area contributed by atoms with Gasteiger partial charge in [0.15, 0.2) is 5.13 Å². The molecule has 2 aromatic rings. The number of benzene rings is 1. The zero-order chi connectivity index (χ0) is 15.4. The van der Waals surface area contributed by atoms with Gasteiger partial charge in [-0.1, -0.05) is 24.3 Å². The molecule has 1 amide bonds. The summed E-state index contributed by atoms with van der Waals surface area (Å²) in [7, 11) is 0. The van der Waals surface area contributed by atoms with Crippen molar-refractivity contribution in [3.05, 3.63) is 41.8 Å². The van der Waals surface area contributed by atoms with E-state index in [0.717, 1.165) is 24.1 Å². The van der Waals surface area contributed by atoms with Crippen LogP contribution in [0.4, 0.5) is 5.13 Å². The minimum atomic E-state index is 0.0511. The first-order chi connectivity index (χ1) is 10.7. The van der Waals surface area contributed by atoms with E-state index < -0.39 is 0 Å². The number of allylic oxidation sites excluding steroid dienone is 2. The van der Waals surface area contributed by atoms with Crippen molar-refractivity contribution >= 4 is 34.1 Å². The van der Waals surface area contributed by atoms with E-state index >= 15 is 0 Å². The van der Waals surface area contributed by atoms with Crippen molar-refractivity contribution < 1.29 is 4.79 Å². The van der Waals surface area contributed by atoms with Gasteiger partial charge in [0.1, 0.15) is 0 Å². The summed E-state index contributed by atoms with van der Waals surface area (Å²) in [4.78, 5) is 17.8. The molecule has 5 heteroatoms. The summed E-state index contributed by atoms with van der Waals surface area (Å²) in [6, 6.07) is 8.31. The van der Waals surface area contributed by atoms with Gasteiger partial charge in [0.2, 0.25) is 5.91 Å². The van der Waals surface area contributed by atoms with Crippen LogP contribution < -0.4 is 5.32 Å². The highest BCUT2D eigenvalue weighted by molar-refractivity contribution is 7.98. The fourth-order valence-corrected chi connectivity index (χ4v) is 3.64. The average molecular weight is 330 g/mol. The molecule has 1 unspecified atom stereocenters. The predicted octanol–water partition coefficient (Wildman–Crippen LogP) is 4.83. The number of anilines is 1. The van der Waals surface area contributed by atoms with Gasteiger partial charge in [-0.05, 0) is 37.1 Å². The van der Waals surface area contributed by atoms with Gasteiger partial charge >= 0.3 is 0 Å². The molecule has 22 heavy (non-hydrogen) atoms. The molecule has 0 spiro atoms. The van der Waals surface area contributed by atoms with Crippen LogP contribution in [0.15, 0.2) is 46.7 Å². The molecule has 1 N–H and O–H groups in total. The second-order valence-corrected chi connectivity index (χ2v) is 7.02. The lowest BCUT2D eigenvalue weighted by Crippen LogP contribution is -2.14. The van der Waals surface area contributed by atoms with E-state index in [1.807, 2.05) is 5.38 Å². The minimum Gasteiger partial charge on any atom is -0.302 e. The van der Waals surface area contributed by atoms with Crippen LogP contribution in [0.25, 0.3) is 11.3 Å². The molecule has 1 aliphatic rings. The third-order valence-corrected chi connectivity index (χ3v) is 5.20. The molecule has 0 radical (unpaired) electrons. The van der Waals surface area contributed by atoms with Crippen molar-refractivity contribution in [3.63, 3.8) is 0 Å². The highest BCUT2D eigenvalue weighted by atomic mass is 32.2. The van der Waals surface area contributed by atoms with Gasteiger partial charge in [-0.25, -0.2) is 4.98 Å². The van der Waals surface area contributed by atoms with Gasteiger partial charge in [0, 0.05) is 22.3 Å². The molecule has 1 atom stereocenters. The number of thioether (sulfide) groups is 1. The lowest BCUT2D eigenvalue weighted by molar-refractivity contribution is -0.116. The number of carbonyl (C=O) groups excluding carboxylic acids is 1. The van der Waals surface area contributed by atoms with Crippen molar-refractivity contribution in [1.29, 1.82) is 0 Å². The summed E-state index contributed by atoms with van der Waals surface area (Å²) in [5, 5.41) is 5.57. The van der Waals surface area contributed by atoms with Crippen LogP contribution in [0.3, 0.4) is 0 Å². The fraction of sp³-hybridized carbons (Fsp3) is 0.294. The van der Waals surface area contributed by atoms with E-state index in [1.165, 1.54) is 16.2 Å². The maximum absolute atomic E-state index is 12.0. The van der Waals surface area contributed by atoms with Crippen LogP contribution in [0.1, 0.15) is 19.3 Å². The highest BCUT2D eigenvalue weighted by Crippen LogP contribution is 2.27. The molecule has 0 aliphatic heterocycles. The van der Waals surface area contributed by atoms with Crippen LogP contribution in [0.2, 0.25) is 0 Å². The Kier molecular flexibility index (Phi) is 4.95. The second kappa shape index (κ2) is 7.11. The molecular formula is C17H18N2OS2. The predicted molar refractivity (Wildman–Crippen MR) is 94.4 cm³/mol. The summed E-state index contributed by atoms with van der Waals surface area (Å²) in [6.45, 7) is 0. The molecule has 1 aromatic carbocycles. The first-order valence-corrected chi connectivity index (χ1v) is 9.41. The van der Waals surface area contributed by atoms with Crippen LogP contribution >= 0.6 is 23.1 Å². The Bertz CT molecular complexity index is 676. The van der Waals surface area contributed by atoms with Crippen LogP contribution in [0.5, 0.6) is 0 Å². The Morgan fingerprint density at radius 1 is 1.41 bits per heavy atom. The zero-order valence-electron chi connectivity index (χ0n) is 12.4. The number of hydrogen-bond donors (Lipinski definition) is 1. The second-order valence-electron chi connectivity index (χ2n) is 5.28. The molecule has 1 aliphatic carbocycles. The Hall–Kier alpha value is -1.59. The Morgan fingerprint density at radius 3 is 2.91 bits per heavy atom. The number of rotatable bonds is 5. The number of aromatic nitrogens is 1. The van der Waals surface area contributed by atoms with Crippen molar-refractivity contribution in [2.45, 2.75) is 24.2 Å². The number of thiazole rings is 1. The van der Waals surface area contributed by atoms with E-state index in [9.17, 15) is 4.79 Å². The number of nitrogens with zero attached hydrogens (tertiary/aromatic N) is 1. The van der Waals surface area contributed by atoms with E-state index in [-0.39, 0.29) is 5.91 Å². The van der Waals surface area contributed by atoms with Gasteiger partial charge in [0.25, 0.3) is 0 Å². The third-order valence-electron chi connectivity index (χ3n) is 3.70. The summed E-state index contributed by atoms with van der Waals surface area (Å²) >= 11 is 3.20. The number of carbonyl (C=O) groups is 1. The Balaban J connectivity index is 1.62. The van der Waals surface area contributed by atoms with Gasteiger partial charge < -0.3 is 5.32 Å². The molecule has 0 saturated carbocycles. The first kappa shape index (κ1) is 15.3. The maximum atomic E-state index is 12.0. The summed E-state index contributed by atoms with van der Waals surface area (Å²) in [5.41, 5.74) is 1.99. The first-order valence-electron chi connectivity index (χ1n) is 7.31. The average Bonchev–Trinajstić information content (AvgIpc) is 3.19. The molecule has 1 aromatic heterocycles. The molecule has 3 rings (SSSR count). The maximum Gasteiger partial charge on any atom is 0.226 e. The van der Waals surface area contributed by atoms with Crippen molar-refractivity contribution in [1.82, 2.24) is 4.98 Å². The largest absolute Gasteiger partial charge is 0.302 e. The SMILES string of the molecule is CSc1ccc(-c2csc(NC(=O)CC3C=CCC3)n2)cc1. The van der Waals surface area contributed by atoms with Crippen molar-refractivity contribution in [2.75, 3.05) is 11.6 Å². The van der Waals surface area contributed by atoms with Crippen LogP contribution in [0, 0.1) is 5.92 Å². The molecule has 0 saturated heterocycles. The van der Waals surface area contributed by atoms with Crippen LogP contribution in [-0.2, 0) is 4.79 Å². The molecule has 114 valence electrons. The molecule has 0 bridgehead atoms. The molecule has 3 nitrogen and oxygen atoms in total.